The summed E-state index contributed by atoms with van der Waals surface area (Å²) in [5.41, 5.74) is 5.03. The summed E-state index contributed by atoms with van der Waals surface area (Å²) in [5.74, 6) is -0.122. The van der Waals surface area contributed by atoms with E-state index in [2.05, 4.69) is 9.97 Å². The van der Waals surface area contributed by atoms with Crippen LogP contribution in [-0.2, 0) is 17.0 Å². The number of carboxylic acid groups (broad SMARTS) is 1. The summed E-state index contributed by atoms with van der Waals surface area (Å²) in [6, 6.07) is 0. The molecule has 0 spiro atoms. The summed E-state index contributed by atoms with van der Waals surface area (Å²) < 4.78 is 0. The van der Waals surface area contributed by atoms with Gasteiger partial charge in [0.05, 0.1) is 17.7 Å². The van der Waals surface area contributed by atoms with Crippen LogP contribution in [0.25, 0.3) is 0 Å². The highest BCUT2D eigenvalue weighted by molar-refractivity contribution is 7.97. The van der Waals surface area contributed by atoms with Gasteiger partial charge in [0, 0.05) is 0 Å². The van der Waals surface area contributed by atoms with Gasteiger partial charge in [-0.3, -0.25) is 9.59 Å². The normalized spacial score (nSPS) is 10.2. The molecule has 0 atom stereocenters. The van der Waals surface area contributed by atoms with Gasteiger partial charge in [0.2, 0.25) is 0 Å². The summed E-state index contributed by atoms with van der Waals surface area (Å²) in [7, 11) is 0. The fourth-order valence-electron chi connectivity index (χ4n) is 1.09. The average Bonchev–Trinajstić information content (AvgIpc) is 2.11. The number of nitrogens with two attached hydrogens (primary N) is 1. The molecule has 4 N–H and O–H groups in total. The van der Waals surface area contributed by atoms with Gasteiger partial charge in [0.1, 0.15) is 11.6 Å². The summed E-state index contributed by atoms with van der Waals surface area (Å²) >= 11 is 1.49. The zero-order valence-electron chi connectivity index (χ0n) is 8.11. The van der Waals surface area contributed by atoms with Crippen LogP contribution in [0.15, 0.2) is 4.79 Å². The molecule has 0 aliphatic carbocycles. The van der Waals surface area contributed by atoms with E-state index >= 15 is 0 Å². The second kappa shape index (κ2) is 4.83. The van der Waals surface area contributed by atoms with Crippen molar-refractivity contribution in [1.29, 1.82) is 0 Å². The number of carboxylic acids is 1. The van der Waals surface area contributed by atoms with Gasteiger partial charge in [0.15, 0.2) is 0 Å². The molecule has 0 saturated heterocycles. The number of nitrogen functional groups attached to an aromatic ring is 1. The van der Waals surface area contributed by atoms with Crippen molar-refractivity contribution in [2.45, 2.75) is 12.2 Å². The number of aliphatic carboxylic acids is 1. The molecule has 1 rings (SSSR count). The van der Waals surface area contributed by atoms with E-state index in [1.165, 1.54) is 11.8 Å². The minimum atomic E-state index is -1.10. The highest BCUT2D eigenvalue weighted by Crippen LogP contribution is 2.07. The number of anilines is 1. The first-order valence-corrected chi connectivity index (χ1v) is 5.52. The monoisotopic (exact) mass is 229 g/mol. The Kier molecular flexibility index (Phi) is 3.73. The van der Waals surface area contributed by atoms with E-state index < -0.39 is 17.9 Å². The van der Waals surface area contributed by atoms with E-state index in [1.807, 2.05) is 6.26 Å². The second-order valence-corrected chi connectivity index (χ2v) is 3.75. The van der Waals surface area contributed by atoms with Crippen molar-refractivity contribution in [1.82, 2.24) is 9.97 Å². The summed E-state index contributed by atoms with van der Waals surface area (Å²) in [6.45, 7) is 0. The highest BCUT2D eigenvalue weighted by Gasteiger charge is 2.11. The van der Waals surface area contributed by atoms with Crippen molar-refractivity contribution in [2.75, 3.05) is 12.0 Å². The number of carbonyl (C=O) groups is 1. The second-order valence-electron chi connectivity index (χ2n) is 2.88. The highest BCUT2D eigenvalue weighted by atomic mass is 32.2. The molecule has 0 aliphatic rings. The molecule has 0 unspecified atom stereocenters. The van der Waals surface area contributed by atoms with Gasteiger partial charge in [-0.2, -0.15) is 11.8 Å². The molecule has 0 aliphatic heterocycles. The molecule has 6 nitrogen and oxygen atoms in total. The third-order valence-corrected chi connectivity index (χ3v) is 2.27. The van der Waals surface area contributed by atoms with E-state index in [-0.39, 0.29) is 11.4 Å². The van der Waals surface area contributed by atoms with Gasteiger partial charge in [0.25, 0.3) is 5.56 Å². The molecule has 1 heterocycles. The van der Waals surface area contributed by atoms with Crippen LogP contribution in [-0.4, -0.2) is 27.3 Å². The summed E-state index contributed by atoms with van der Waals surface area (Å²) in [6.07, 6.45) is 1.45. The van der Waals surface area contributed by atoms with Crippen LogP contribution >= 0.6 is 11.8 Å². The number of hydrogen-bond acceptors (Lipinski definition) is 5. The number of rotatable bonds is 4. The number of aromatic amines is 1. The molecule has 7 heteroatoms. The maximum atomic E-state index is 11.4. The maximum Gasteiger partial charge on any atom is 0.308 e. The topological polar surface area (TPSA) is 109 Å². The Labute approximate surface area is 89.9 Å². The van der Waals surface area contributed by atoms with Crippen LogP contribution in [0.1, 0.15) is 11.4 Å². The maximum absolute atomic E-state index is 11.4. The minimum Gasteiger partial charge on any atom is -0.481 e. The molecular formula is C8H11N3O3S. The smallest absolute Gasteiger partial charge is 0.308 e. The summed E-state index contributed by atoms with van der Waals surface area (Å²) in [5, 5.41) is 8.55. The van der Waals surface area contributed by atoms with Gasteiger partial charge in [-0.1, -0.05) is 0 Å². The van der Waals surface area contributed by atoms with Gasteiger partial charge >= 0.3 is 5.97 Å². The van der Waals surface area contributed by atoms with Crippen molar-refractivity contribution in [2.24, 2.45) is 0 Å². The molecule has 0 aromatic carbocycles. The number of hydrogen-bond donors (Lipinski definition) is 3. The lowest BCUT2D eigenvalue weighted by atomic mass is 10.2. The van der Waals surface area contributed by atoms with Crippen LogP contribution in [0.2, 0.25) is 0 Å². The molecule has 15 heavy (non-hydrogen) atoms. The quantitative estimate of drug-likeness (QED) is 0.662. The van der Waals surface area contributed by atoms with E-state index in [0.717, 1.165) is 0 Å². The van der Waals surface area contributed by atoms with E-state index in [4.69, 9.17) is 10.8 Å². The van der Waals surface area contributed by atoms with Crippen molar-refractivity contribution in [3.63, 3.8) is 0 Å². The molecular weight excluding hydrogens is 218 g/mol. The number of thioether (sulfide) groups is 1. The molecule has 0 radical (unpaired) electrons. The zero-order chi connectivity index (χ0) is 11.4. The Balaban J connectivity index is 3.10. The van der Waals surface area contributed by atoms with E-state index in [0.29, 0.717) is 11.6 Å². The first-order valence-electron chi connectivity index (χ1n) is 4.13. The Morgan fingerprint density at radius 1 is 1.67 bits per heavy atom. The molecule has 1 aromatic rings. The fourth-order valence-corrected chi connectivity index (χ4v) is 1.50. The van der Waals surface area contributed by atoms with Gasteiger partial charge in [-0.15, -0.1) is 0 Å². The third-order valence-electron chi connectivity index (χ3n) is 1.71. The lowest BCUT2D eigenvalue weighted by Gasteiger charge is -2.03. The number of aromatic nitrogens is 2. The molecule has 0 fully saturated rings. The van der Waals surface area contributed by atoms with Gasteiger partial charge < -0.3 is 15.8 Å². The Hall–Kier alpha value is -1.50. The molecule has 0 amide bonds. The van der Waals surface area contributed by atoms with Crippen LogP contribution in [0.3, 0.4) is 0 Å². The van der Waals surface area contributed by atoms with Crippen molar-refractivity contribution >= 4 is 23.5 Å². The molecule has 1 aromatic heterocycles. The largest absolute Gasteiger partial charge is 0.481 e. The number of H-pyrrole nitrogens is 1. The van der Waals surface area contributed by atoms with Crippen LogP contribution in [0.5, 0.6) is 0 Å². The predicted molar refractivity (Wildman–Crippen MR) is 57.8 cm³/mol. The molecule has 0 bridgehead atoms. The fraction of sp³-hybridized carbons (Fsp3) is 0.375. The SMILES string of the molecule is CSCc1nc(N)c(CC(=O)O)c(=O)[nH]1. The number of nitrogens with zero attached hydrogens (tertiary/aromatic N) is 1. The summed E-state index contributed by atoms with van der Waals surface area (Å²) in [4.78, 5) is 28.3. The standard InChI is InChI=1S/C8H11N3O3S/c1-15-3-5-10-7(9)4(2-6(12)13)8(14)11-5/h2-3H2,1H3,(H,12,13)(H3,9,10,11,14). The van der Waals surface area contributed by atoms with Crippen LogP contribution in [0.4, 0.5) is 5.82 Å². The Morgan fingerprint density at radius 2 is 2.33 bits per heavy atom. The Bertz CT molecular complexity index is 430. The Morgan fingerprint density at radius 3 is 2.80 bits per heavy atom. The van der Waals surface area contributed by atoms with Gasteiger partial charge in [-0.25, -0.2) is 4.98 Å². The predicted octanol–water partition coefficient (Wildman–Crippen LogP) is -0.158. The zero-order valence-corrected chi connectivity index (χ0v) is 8.93. The third kappa shape index (κ3) is 2.98. The number of nitrogens with one attached hydrogen (secondary N) is 1. The van der Waals surface area contributed by atoms with Crippen molar-refractivity contribution in [3.05, 3.63) is 21.7 Å². The molecule has 0 saturated carbocycles. The van der Waals surface area contributed by atoms with Crippen LogP contribution in [0, 0.1) is 0 Å². The lowest BCUT2D eigenvalue weighted by Crippen LogP contribution is -2.21. The van der Waals surface area contributed by atoms with Crippen molar-refractivity contribution < 1.29 is 9.90 Å². The van der Waals surface area contributed by atoms with Gasteiger partial charge in [-0.05, 0) is 6.26 Å². The van der Waals surface area contributed by atoms with E-state index in [1.54, 1.807) is 0 Å². The first kappa shape index (κ1) is 11.6. The van der Waals surface area contributed by atoms with E-state index in [9.17, 15) is 9.59 Å². The van der Waals surface area contributed by atoms with Crippen molar-refractivity contribution in [3.8, 4) is 0 Å². The average molecular weight is 229 g/mol. The minimum absolute atomic E-state index is 0.00681. The van der Waals surface area contributed by atoms with Crippen LogP contribution < -0.4 is 11.3 Å². The molecule has 82 valence electrons. The lowest BCUT2D eigenvalue weighted by molar-refractivity contribution is -0.136. The first-order chi connectivity index (χ1) is 7.04.